The molecule has 2 heterocycles. The lowest BCUT2D eigenvalue weighted by Crippen LogP contribution is -2.04. The van der Waals surface area contributed by atoms with Gasteiger partial charge in [0, 0.05) is 28.9 Å². The van der Waals surface area contributed by atoms with E-state index in [0.717, 1.165) is 28.6 Å². The van der Waals surface area contributed by atoms with Crippen LogP contribution in [0.1, 0.15) is 28.4 Å². The number of fused-ring (bicyclic) bond motifs is 1. The second kappa shape index (κ2) is 4.69. The number of aryl methyl sites for hydroxylation is 1. The van der Waals surface area contributed by atoms with Gasteiger partial charge in [0.2, 0.25) is 0 Å². The summed E-state index contributed by atoms with van der Waals surface area (Å²) >= 11 is 0. The van der Waals surface area contributed by atoms with E-state index in [1.165, 1.54) is 0 Å². The molecule has 3 nitrogen and oxygen atoms in total. The molecule has 0 spiro atoms. The van der Waals surface area contributed by atoms with Gasteiger partial charge in [-0.25, -0.2) is 4.98 Å². The van der Waals surface area contributed by atoms with Gasteiger partial charge in [-0.2, -0.15) is 0 Å². The maximum atomic E-state index is 12.7. The summed E-state index contributed by atoms with van der Waals surface area (Å²) in [5, 5.41) is 0.874. The molecule has 1 aromatic carbocycles. The first-order chi connectivity index (χ1) is 9.31. The van der Waals surface area contributed by atoms with Crippen LogP contribution in [0.15, 0.2) is 48.8 Å². The van der Waals surface area contributed by atoms with Gasteiger partial charge in [-0.15, -0.1) is 0 Å². The minimum absolute atomic E-state index is 0.0525. The summed E-state index contributed by atoms with van der Waals surface area (Å²) in [6, 6.07) is 11.5. The highest BCUT2D eigenvalue weighted by Crippen LogP contribution is 2.21. The largest absolute Gasteiger partial charge is 0.345 e. The quantitative estimate of drug-likeness (QED) is 0.724. The number of ketones is 1. The first-order valence-corrected chi connectivity index (χ1v) is 6.36. The van der Waals surface area contributed by atoms with E-state index < -0.39 is 0 Å². The van der Waals surface area contributed by atoms with Crippen molar-refractivity contribution in [1.29, 1.82) is 0 Å². The Kier molecular flexibility index (Phi) is 2.88. The van der Waals surface area contributed by atoms with E-state index >= 15 is 0 Å². The molecule has 0 amide bonds. The number of pyridine rings is 1. The number of carbonyl (C=O) groups excluding carboxylic acids is 1. The predicted molar refractivity (Wildman–Crippen MR) is 75.3 cm³/mol. The maximum Gasteiger partial charge on any atom is 0.195 e. The average Bonchev–Trinajstić information content (AvgIpc) is 2.90. The first-order valence-electron chi connectivity index (χ1n) is 6.36. The van der Waals surface area contributed by atoms with Crippen molar-refractivity contribution < 1.29 is 4.79 Å². The summed E-state index contributed by atoms with van der Waals surface area (Å²) < 4.78 is 0. The molecule has 1 N–H and O–H groups in total. The molecule has 2 aromatic heterocycles. The van der Waals surface area contributed by atoms with Crippen molar-refractivity contribution in [2.45, 2.75) is 13.3 Å². The van der Waals surface area contributed by atoms with Gasteiger partial charge in [0.1, 0.15) is 5.65 Å². The smallest absolute Gasteiger partial charge is 0.195 e. The van der Waals surface area contributed by atoms with Crippen LogP contribution in [0, 0.1) is 0 Å². The van der Waals surface area contributed by atoms with Crippen LogP contribution >= 0.6 is 0 Å². The Morgan fingerprint density at radius 1 is 1.16 bits per heavy atom. The zero-order chi connectivity index (χ0) is 13.2. The molecule has 19 heavy (non-hydrogen) atoms. The molecule has 0 saturated carbocycles. The summed E-state index contributed by atoms with van der Waals surface area (Å²) in [5.74, 6) is 0.0525. The lowest BCUT2D eigenvalue weighted by atomic mass is 9.97. The number of aromatic nitrogens is 2. The van der Waals surface area contributed by atoms with Gasteiger partial charge >= 0.3 is 0 Å². The number of rotatable bonds is 3. The summed E-state index contributed by atoms with van der Waals surface area (Å²) in [7, 11) is 0. The summed E-state index contributed by atoms with van der Waals surface area (Å²) in [6.45, 7) is 2.06. The monoisotopic (exact) mass is 250 g/mol. The molecule has 0 bridgehead atoms. The van der Waals surface area contributed by atoms with Crippen LogP contribution in [0.5, 0.6) is 0 Å². The van der Waals surface area contributed by atoms with Gasteiger partial charge in [0.05, 0.1) is 0 Å². The van der Waals surface area contributed by atoms with E-state index in [2.05, 4.69) is 16.9 Å². The van der Waals surface area contributed by atoms with Gasteiger partial charge in [0.25, 0.3) is 0 Å². The van der Waals surface area contributed by atoms with Crippen molar-refractivity contribution in [2.75, 3.05) is 0 Å². The fourth-order valence-electron chi connectivity index (χ4n) is 2.34. The highest BCUT2D eigenvalue weighted by atomic mass is 16.1. The first kappa shape index (κ1) is 11.7. The van der Waals surface area contributed by atoms with Crippen molar-refractivity contribution >= 4 is 16.8 Å². The number of hydrogen-bond donors (Lipinski definition) is 1. The number of hydrogen-bond acceptors (Lipinski definition) is 2. The molecule has 0 aliphatic rings. The Bertz CT molecular complexity index is 743. The van der Waals surface area contributed by atoms with Crippen molar-refractivity contribution in [1.82, 2.24) is 9.97 Å². The molecule has 0 atom stereocenters. The third-order valence-electron chi connectivity index (χ3n) is 3.34. The fraction of sp³-hybridized carbons (Fsp3) is 0.125. The van der Waals surface area contributed by atoms with Crippen LogP contribution in [-0.4, -0.2) is 15.8 Å². The number of nitrogens with zero attached hydrogens (tertiary/aromatic N) is 1. The van der Waals surface area contributed by atoms with Crippen molar-refractivity contribution in [3.05, 3.63) is 65.5 Å². The van der Waals surface area contributed by atoms with Crippen molar-refractivity contribution in [2.24, 2.45) is 0 Å². The van der Waals surface area contributed by atoms with Crippen LogP contribution in [0.25, 0.3) is 11.0 Å². The zero-order valence-corrected chi connectivity index (χ0v) is 10.7. The van der Waals surface area contributed by atoms with Crippen LogP contribution in [0.3, 0.4) is 0 Å². The van der Waals surface area contributed by atoms with Gasteiger partial charge in [-0.05, 0) is 24.1 Å². The van der Waals surface area contributed by atoms with E-state index in [1.54, 1.807) is 12.4 Å². The summed E-state index contributed by atoms with van der Waals surface area (Å²) in [4.78, 5) is 19.9. The Balaban J connectivity index is 2.14. The van der Waals surface area contributed by atoms with Gasteiger partial charge in [-0.3, -0.25) is 4.79 Å². The van der Waals surface area contributed by atoms with E-state index in [1.807, 2.05) is 36.4 Å². The molecular weight excluding hydrogens is 236 g/mol. The summed E-state index contributed by atoms with van der Waals surface area (Å²) in [5.41, 5.74) is 3.28. The molecule has 0 fully saturated rings. The lowest BCUT2D eigenvalue weighted by Gasteiger charge is -2.05. The number of aromatic amines is 1. The topological polar surface area (TPSA) is 45.8 Å². The molecule has 3 rings (SSSR count). The van der Waals surface area contributed by atoms with Gasteiger partial charge in [0.15, 0.2) is 5.78 Å². The van der Waals surface area contributed by atoms with Crippen LogP contribution in [0.4, 0.5) is 0 Å². The number of H-pyrrole nitrogens is 1. The molecule has 0 saturated heterocycles. The SMILES string of the molecule is CCc1ccccc1C(=O)c1c[nH]c2ncccc12. The Labute approximate surface area is 111 Å². The standard InChI is InChI=1S/C16H14N2O/c1-2-11-6-3-4-7-12(11)15(19)14-10-18-16-13(14)8-5-9-17-16/h3-10H,2H2,1H3,(H,17,18). The van der Waals surface area contributed by atoms with Gasteiger partial charge < -0.3 is 4.98 Å². The minimum Gasteiger partial charge on any atom is -0.345 e. The highest BCUT2D eigenvalue weighted by molar-refractivity contribution is 6.16. The number of carbonyl (C=O) groups is 1. The summed E-state index contributed by atoms with van der Waals surface area (Å²) in [6.07, 6.45) is 4.31. The van der Waals surface area contributed by atoms with E-state index in [4.69, 9.17) is 0 Å². The third-order valence-corrected chi connectivity index (χ3v) is 3.34. The molecule has 94 valence electrons. The zero-order valence-electron chi connectivity index (χ0n) is 10.7. The van der Waals surface area contributed by atoms with Crippen LogP contribution in [-0.2, 0) is 6.42 Å². The van der Waals surface area contributed by atoms with Crippen molar-refractivity contribution in [3.63, 3.8) is 0 Å². The molecule has 0 aliphatic heterocycles. The molecular formula is C16H14N2O. The molecule has 3 aromatic rings. The fourth-order valence-corrected chi connectivity index (χ4v) is 2.34. The molecule has 0 aliphatic carbocycles. The second-order valence-corrected chi connectivity index (χ2v) is 4.44. The Morgan fingerprint density at radius 2 is 2.00 bits per heavy atom. The molecule has 0 unspecified atom stereocenters. The predicted octanol–water partition coefficient (Wildman–Crippen LogP) is 3.36. The number of nitrogens with one attached hydrogen (secondary N) is 1. The Hall–Kier alpha value is -2.42. The Morgan fingerprint density at radius 3 is 2.84 bits per heavy atom. The van der Waals surface area contributed by atoms with E-state index in [0.29, 0.717) is 5.56 Å². The molecule has 0 radical (unpaired) electrons. The van der Waals surface area contributed by atoms with Crippen LogP contribution < -0.4 is 0 Å². The highest BCUT2D eigenvalue weighted by Gasteiger charge is 2.16. The normalized spacial score (nSPS) is 10.8. The minimum atomic E-state index is 0.0525. The van der Waals surface area contributed by atoms with Crippen molar-refractivity contribution in [3.8, 4) is 0 Å². The van der Waals surface area contributed by atoms with E-state index in [9.17, 15) is 4.79 Å². The van der Waals surface area contributed by atoms with E-state index in [-0.39, 0.29) is 5.78 Å². The van der Waals surface area contributed by atoms with Crippen LogP contribution in [0.2, 0.25) is 0 Å². The molecule has 3 heteroatoms. The van der Waals surface area contributed by atoms with Gasteiger partial charge in [-0.1, -0.05) is 31.2 Å². The average molecular weight is 250 g/mol. The maximum absolute atomic E-state index is 12.7. The number of benzene rings is 1. The lowest BCUT2D eigenvalue weighted by molar-refractivity contribution is 0.103. The third kappa shape index (κ3) is 1.93. The second-order valence-electron chi connectivity index (χ2n) is 4.44.